The molecule has 0 spiro atoms. The minimum absolute atomic E-state index is 0.0768. The zero-order valence-corrected chi connectivity index (χ0v) is 10.8. The molecule has 7 nitrogen and oxygen atoms in total. The Hall–Kier alpha value is -2.05. The molecule has 1 aromatic heterocycles. The van der Waals surface area contributed by atoms with Crippen molar-refractivity contribution in [2.45, 2.75) is 0 Å². The quantitative estimate of drug-likeness (QED) is 0.802. The molecule has 7 heteroatoms. The van der Waals surface area contributed by atoms with Crippen molar-refractivity contribution in [2.24, 2.45) is 0 Å². The lowest BCUT2D eigenvalue weighted by Crippen LogP contribution is -2.49. The second-order valence-corrected chi connectivity index (χ2v) is 4.07. The summed E-state index contributed by atoms with van der Waals surface area (Å²) in [5, 5.41) is 2.95. The summed E-state index contributed by atoms with van der Waals surface area (Å²) in [6, 6.07) is 0. The Morgan fingerprint density at radius 2 is 2.17 bits per heavy atom. The number of nitrogens with one attached hydrogen (secondary N) is 1. The van der Waals surface area contributed by atoms with Gasteiger partial charge in [0.25, 0.3) is 0 Å². The fraction of sp³-hybridized carbons (Fsp3) is 0.545. The van der Waals surface area contributed by atoms with Crippen molar-refractivity contribution in [1.82, 2.24) is 14.9 Å². The fourth-order valence-corrected chi connectivity index (χ4v) is 1.89. The Kier molecular flexibility index (Phi) is 3.50. The third kappa shape index (κ3) is 2.15. The van der Waals surface area contributed by atoms with Crippen LogP contribution in [0.3, 0.4) is 0 Å². The first-order valence-corrected chi connectivity index (χ1v) is 5.73. The molecular formula is C11H17N5O2. The van der Waals surface area contributed by atoms with E-state index in [2.05, 4.69) is 15.3 Å². The zero-order valence-electron chi connectivity index (χ0n) is 10.8. The number of methoxy groups -OCH3 is 1. The van der Waals surface area contributed by atoms with Gasteiger partial charge in [-0.05, 0) is 0 Å². The number of ether oxygens (including phenoxy) is 1. The molecule has 1 N–H and O–H groups in total. The van der Waals surface area contributed by atoms with Gasteiger partial charge in [0, 0.05) is 27.2 Å². The van der Waals surface area contributed by atoms with Crippen LogP contribution >= 0.6 is 0 Å². The molecule has 1 aliphatic rings. The van der Waals surface area contributed by atoms with Crippen LogP contribution < -0.4 is 15.0 Å². The molecule has 1 amide bonds. The first-order chi connectivity index (χ1) is 8.67. The first kappa shape index (κ1) is 12.4. The molecule has 2 rings (SSSR count). The van der Waals surface area contributed by atoms with Crippen LogP contribution in [0.15, 0.2) is 6.33 Å². The predicted octanol–water partition coefficient (Wildman–Crippen LogP) is -0.195. The highest BCUT2D eigenvalue weighted by Crippen LogP contribution is 2.31. The Bertz CT molecular complexity index is 451. The highest BCUT2D eigenvalue weighted by atomic mass is 16.5. The summed E-state index contributed by atoms with van der Waals surface area (Å²) in [4.78, 5) is 23.6. The zero-order chi connectivity index (χ0) is 13.1. The SMILES string of the molecule is CNc1ncnc(N2CCN(C)C(=O)C2)c1OC. The van der Waals surface area contributed by atoms with E-state index in [1.807, 2.05) is 4.90 Å². The molecule has 1 fully saturated rings. The molecule has 1 aliphatic heterocycles. The number of hydrogen-bond acceptors (Lipinski definition) is 6. The Balaban J connectivity index is 2.30. The van der Waals surface area contributed by atoms with Gasteiger partial charge in [-0.1, -0.05) is 0 Å². The van der Waals surface area contributed by atoms with Gasteiger partial charge in [0.05, 0.1) is 13.7 Å². The number of aromatic nitrogens is 2. The summed E-state index contributed by atoms with van der Waals surface area (Å²) in [5.41, 5.74) is 0. The van der Waals surface area contributed by atoms with Crippen molar-refractivity contribution in [3.05, 3.63) is 6.33 Å². The maximum absolute atomic E-state index is 11.7. The number of carbonyl (C=O) groups is 1. The average Bonchev–Trinajstić information content (AvgIpc) is 2.40. The van der Waals surface area contributed by atoms with Crippen molar-refractivity contribution >= 4 is 17.5 Å². The summed E-state index contributed by atoms with van der Waals surface area (Å²) < 4.78 is 5.33. The summed E-state index contributed by atoms with van der Waals surface area (Å²) in [7, 11) is 5.14. The summed E-state index contributed by atoms with van der Waals surface area (Å²) in [5.74, 6) is 1.91. The van der Waals surface area contributed by atoms with Crippen molar-refractivity contribution in [1.29, 1.82) is 0 Å². The molecule has 0 unspecified atom stereocenters. The summed E-state index contributed by atoms with van der Waals surface area (Å²) in [6.45, 7) is 1.73. The molecule has 18 heavy (non-hydrogen) atoms. The molecule has 0 saturated carbocycles. The van der Waals surface area contributed by atoms with Crippen LogP contribution in [0.1, 0.15) is 0 Å². The molecule has 1 saturated heterocycles. The maximum atomic E-state index is 11.7. The standard InChI is InChI=1S/C11H17N5O2/c1-12-10-9(18-3)11(14-7-13-10)16-5-4-15(2)8(17)6-16/h7H,4-6H2,1-3H3,(H,12,13,14). The van der Waals surface area contributed by atoms with Crippen LogP contribution in [0.5, 0.6) is 5.75 Å². The minimum Gasteiger partial charge on any atom is -0.490 e. The second kappa shape index (κ2) is 5.07. The third-order valence-electron chi connectivity index (χ3n) is 2.98. The van der Waals surface area contributed by atoms with Crippen LogP contribution in [0.25, 0.3) is 0 Å². The maximum Gasteiger partial charge on any atom is 0.241 e. The van der Waals surface area contributed by atoms with Gasteiger partial charge in [0.1, 0.15) is 6.33 Å². The Morgan fingerprint density at radius 3 is 2.78 bits per heavy atom. The second-order valence-electron chi connectivity index (χ2n) is 4.07. The van der Waals surface area contributed by atoms with E-state index >= 15 is 0 Å². The molecule has 0 aromatic carbocycles. The number of likely N-dealkylation sites (N-methyl/N-ethyl adjacent to an activating group) is 1. The highest BCUT2D eigenvalue weighted by molar-refractivity contribution is 5.83. The van der Waals surface area contributed by atoms with Crippen molar-refractivity contribution in [3.8, 4) is 5.75 Å². The van der Waals surface area contributed by atoms with Crippen LogP contribution in [0.2, 0.25) is 0 Å². The Morgan fingerprint density at radius 1 is 1.39 bits per heavy atom. The molecule has 0 aliphatic carbocycles. The normalized spacial score (nSPS) is 15.8. The lowest BCUT2D eigenvalue weighted by molar-refractivity contribution is -0.129. The number of hydrogen-bond donors (Lipinski definition) is 1. The van der Waals surface area contributed by atoms with Gasteiger partial charge in [0.15, 0.2) is 11.6 Å². The number of anilines is 2. The molecule has 1 aromatic rings. The number of carbonyl (C=O) groups excluding carboxylic acids is 1. The van der Waals surface area contributed by atoms with E-state index in [0.29, 0.717) is 30.5 Å². The topological polar surface area (TPSA) is 70.6 Å². The van der Waals surface area contributed by atoms with Gasteiger partial charge in [0.2, 0.25) is 11.7 Å². The Labute approximate surface area is 106 Å². The van der Waals surface area contributed by atoms with E-state index in [9.17, 15) is 4.79 Å². The monoisotopic (exact) mass is 251 g/mol. The molecule has 0 radical (unpaired) electrons. The number of piperazine rings is 1. The lowest BCUT2D eigenvalue weighted by Gasteiger charge is -2.33. The van der Waals surface area contributed by atoms with Crippen LogP contribution in [-0.2, 0) is 4.79 Å². The van der Waals surface area contributed by atoms with Gasteiger partial charge in [-0.3, -0.25) is 4.79 Å². The van der Waals surface area contributed by atoms with E-state index in [1.165, 1.54) is 6.33 Å². The van der Waals surface area contributed by atoms with Gasteiger partial charge >= 0.3 is 0 Å². The smallest absolute Gasteiger partial charge is 0.241 e. The number of amides is 1. The van der Waals surface area contributed by atoms with E-state index in [-0.39, 0.29) is 5.91 Å². The van der Waals surface area contributed by atoms with Crippen molar-refractivity contribution in [2.75, 3.05) is 51.1 Å². The fourth-order valence-electron chi connectivity index (χ4n) is 1.89. The minimum atomic E-state index is 0.0768. The van der Waals surface area contributed by atoms with E-state index < -0.39 is 0 Å². The molecule has 0 bridgehead atoms. The molecular weight excluding hydrogens is 234 g/mol. The molecule has 0 atom stereocenters. The molecule has 98 valence electrons. The highest BCUT2D eigenvalue weighted by Gasteiger charge is 2.25. The molecule has 2 heterocycles. The lowest BCUT2D eigenvalue weighted by atomic mass is 10.3. The summed E-state index contributed by atoms with van der Waals surface area (Å²) >= 11 is 0. The van der Waals surface area contributed by atoms with E-state index in [4.69, 9.17) is 4.74 Å². The summed E-state index contributed by atoms with van der Waals surface area (Å²) in [6.07, 6.45) is 1.46. The van der Waals surface area contributed by atoms with Gasteiger partial charge in [-0.2, -0.15) is 0 Å². The van der Waals surface area contributed by atoms with Crippen LogP contribution in [0.4, 0.5) is 11.6 Å². The van der Waals surface area contributed by atoms with Crippen molar-refractivity contribution in [3.63, 3.8) is 0 Å². The van der Waals surface area contributed by atoms with Crippen molar-refractivity contribution < 1.29 is 9.53 Å². The number of nitrogens with zero attached hydrogens (tertiary/aromatic N) is 4. The first-order valence-electron chi connectivity index (χ1n) is 5.73. The third-order valence-corrected chi connectivity index (χ3v) is 2.98. The van der Waals surface area contributed by atoms with Gasteiger partial charge in [-0.15, -0.1) is 0 Å². The van der Waals surface area contributed by atoms with Gasteiger partial charge in [-0.25, -0.2) is 9.97 Å². The largest absolute Gasteiger partial charge is 0.490 e. The number of rotatable bonds is 3. The van der Waals surface area contributed by atoms with Crippen LogP contribution in [0, 0.1) is 0 Å². The predicted molar refractivity (Wildman–Crippen MR) is 68.0 cm³/mol. The van der Waals surface area contributed by atoms with E-state index in [1.54, 1.807) is 26.1 Å². The average molecular weight is 251 g/mol. The van der Waals surface area contributed by atoms with Gasteiger partial charge < -0.3 is 19.9 Å². The van der Waals surface area contributed by atoms with Crippen LogP contribution in [-0.4, -0.2) is 61.6 Å². The van der Waals surface area contributed by atoms with E-state index in [0.717, 1.165) is 6.54 Å².